The second-order valence-corrected chi connectivity index (χ2v) is 7.75. The Hall–Kier alpha value is -3.35. The summed E-state index contributed by atoms with van der Waals surface area (Å²) in [6, 6.07) is 7.61. The summed E-state index contributed by atoms with van der Waals surface area (Å²) in [4.78, 5) is 18.7. The van der Waals surface area contributed by atoms with Crippen LogP contribution in [0.25, 0.3) is 11.8 Å². The summed E-state index contributed by atoms with van der Waals surface area (Å²) in [6.45, 7) is 4.02. The van der Waals surface area contributed by atoms with Crippen LogP contribution in [0.1, 0.15) is 42.6 Å². The first-order valence-corrected chi connectivity index (χ1v) is 10.1. The van der Waals surface area contributed by atoms with E-state index in [9.17, 15) is 18.0 Å². The number of rotatable bonds is 4. The number of likely N-dealkylation sites (tertiary alicyclic amines) is 1. The lowest BCUT2D eigenvalue weighted by atomic mass is 9.97. The van der Waals surface area contributed by atoms with Gasteiger partial charge in [0.05, 0.1) is 23.8 Å². The molecule has 7 heteroatoms. The van der Waals surface area contributed by atoms with E-state index in [2.05, 4.69) is 4.98 Å². The molecule has 0 bridgehead atoms. The van der Waals surface area contributed by atoms with Crippen molar-refractivity contribution in [3.05, 3.63) is 88.8 Å². The lowest BCUT2D eigenvalue weighted by molar-refractivity contribution is -0.130. The van der Waals surface area contributed by atoms with Crippen LogP contribution in [0.5, 0.6) is 0 Å². The average molecular weight is 425 g/mol. The van der Waals surface area contributed by atoms with Crippen LogP contribution in [-0.4, -0.2) is 26.9 Å². The van der Waals surface area contributed by atoms with E-state index in [0.29, 0.717) is 36.2 Å². The van der Waals surface area contributed by atoms with Crippen molar-refractivity contribution in [3.8, 4) is 5.69 Å². The van der Waals surface area contributed by atoms with Crippen molar-refractivity contribution >= 4 is 12.0 Å². The highest BCUT2D eigenvalue weighted by atomic mass is 19.1. The lowest BCUT2D eigenvalue weighted by Crippen LogP contribution is -2.39. The van der Waals surface area contributed by atoms with E-state index in [-0.39, 0.29) is 11.5 Å². The zero-order valence-electron chi connectivity index (χ0n) is 17.3. The Balaban J connectivity index is 1.58. The van der Waals surface area contributed by atoms with Gasteiger partial charge in [-0.3, -0.25) is 4.79 Å². The van der Waals surface area contributed by atoms with Crippen molar-refractivity contribution in [1.29, 1.82) is 0 Å². The van der Waals surface area contributed by atoms with E-state index in [1.807, 2.05) is 6.92 Å². The molecule has 1 aromatic heterocycles. The summed E-state index contributed by atoms with van der Waals surface area (Å²) in [5.74, 6) is -1.98. The van der Waals surface area contributed by atoms with Gasteiger partial charge in [0.1, 0.15) is 17.5 Å². The molecule has 160 valence electrons. The van der Waals surface area contributed by atoms with Crippen LogP contribution in [0.4, 0.5) is 13.2 Å². The van der Waals surface area contributed by atoms with Crippen molar-refractivity contribution in [2.75, 3.05) is 6.54 Å². The fraction of sp³-hybridized carbons (Fsp3) is 0.250. The van der Waals surface area contributed by atoms with Crippen LogP contribution in [0.2, 0.25) is 0 Å². The molecule has 0 aliphatic carbocycles. The summed E-state index contributed by atoms with van der Waals surface area (Å²) >= 11 is 0. The lowest BCUT2D eigenvalue weighted by Gasteiger charge is -2.34. The number of amides is 1. The van der Waals surface area contributed by atoms with E-state index < -0.39 is 23.5 Å². The fourth-order valence-corrected chi connectivity index (χ4v) is 3.92. The average Bonchev–Trinajstić information content (AvgIpc) is 3.15. The predicted octanol–water partition coefficient (Wildman–Crippen LogP) is 5.37. The maximum absolute atomic E-state index is 14.7. The van der Waals surface area contributed by atoms with Crippen molar-refractivity contribution in [1.82, 2.24) is 14.5 Å². The van der Waals surface area contributed by atoms with Crippen molar-refractivity contribution in [2.45, 2.75) is 32.7 Å². The van der Waals surface area contributed by atoms with E-state index in [1.165, 1.54) is 18.2 Å². The molecule has 1 fully saturated rings. The van der Waals surface area contributed by atoms with Crippen molar-refractivity contribution in [3.63, 3.8) is 0 Å². The van der Waals surface area contributed by atoms with Crippen molar-refractivity contribution < 1.29 is 18.0 Å². The molecule has 3 aromatic rings. The minimum absolute atomic E-state index is 0.225. The van der Waals surface area contributed by atoms with Gasteiger partial charge in [-0.1, -0.05) is 12.1 Å². The highest BCUT2D eigenvalue weighted by Gasteiger charge is 2.29. The smallest absolute Gasteiger partial charge is 0.250 e. The van der Waals surface area contributed by atoms with E-state index >= 15 is 0 Å². The molecule has 1 atom stereocenters. The molecule has 2 heterocycles. The van der Waals surface area contributed by atoms with Gasteiger partial charge in [0.15, 0.2) is 0 Å². The third kappa shape index (κ3) is 4.26. The molecule has 1 aliphatic rings. The Morgan fingerprint density at radius 1 is 1.10 bits per heavy atom. The topological polar surface area (TPSA) is 38.1 Å². The standard InChI is InChI=1S/C24H22F3N3O/c1-15-13-29(14-28-15)23-8-5-17(11-22(23)27)10-18-4-3-9-30(24(18)31)16(2)20-7-6-19(25)12-21(20)26/h5-8,10-14,16H,3-4,9H2,1-2H3/t16-/m0/s1. The third-order valence-corrected chi connectivity index (χ3v) is 5.56. The number of imidazole rings is 1. The second kappa shape index (κ2) is 8.41. The summed E-state index contributed by atoms with van der Waals surface area (Å²) in [5, 5.41) is 0. The number of carbonyl (C=O) groups excluding carboxylic acids is 1. The van der Waals surface area contributed by atoms with Gasteiger partial charge in [0.25, 0.3) is 0 Å². The van der Waals surface area contributed by atoms with E-state index in [0.717, 1.165) is 11.8 Å². The van der Waals surface area contributed by atoms with Crippen LogP contribution in [0.15, 0.2) is 54.5 Å². The molecular formula is C24H22F3N3O. The van der Waals surface area contributed by atoms with Gasteiger partial charge < -0.3 is 9.47 Å². The van der Waals surface area contributed by atoms with Crippen LogP contribution in [-0.2, 0) is 4.79 Å². The van der Waals surface area contributed by atoms with Gasteiger partial charge in [-0.25, -0.2) is 18.2 Å². The minimum atomic E-state index is -0.677. The summed E-state index contributed by atoms with van der Waals surface area (Å²) in [5.41, 5.74) is 2.53. The SMILES string of the molecule is Cc1cn(-c2ccc(C=C3CCCN([C@@H](C)c4ccc(F)cc4F)C3=O)cc2F)cn1. The van der Waals surface area contributed by atoms with Gasteiger partial charge in [0.2, 0.25) is 5.91 Å². The fourth-order valence-electron chi connectivity index (χ4n) is 3.92. The zero-order chi connectivity index (χ0) is 22.1. The van der Waals surface area contributed by atoms with E-state index in [1.54, 1.807) is 47.1 Å². The normalized spacial score (nSPS) is 16.7. The number of nitrogens with zero attached hydrogens (tertiary/aromatic N) is 3. The molecule has 0 spiro atoms. The summed E-state index contributed by atoms with van der Waals surface area (Å²) in [7, 11) is 0. The molecule has 0 N–H and O–H groups in total. The first-order valence-electron chi connectivity index (χ1n) is 10.1. The first kappa shape index (κ1) is 20.9. The largest absolute Gasteiger partial charge is 0.332 e. The molecular weight excluding hydrogens is 403 g/mol. The maximum Gasteiger partial charge on any atom is 0.250 e. The monoisotopic (exact) mass is 425 g/mol. The van der Waals surface area contributed by atoms with Gasteiger partial charge in [-0.15, -0.1) is 0 Å². The number of aromatic nitrogens is 2. The number of carbonyl (C=O) groups is 1. The minimum Gasteiger partial charge on any atom is -0.332 e. The molecule has 4 nitrogen and oxygen atoms in total. The number of aryl methyl sites for hydroxylation is 1. The Labute approximate surface area is 178 Å². The highest BCUT2D eigenvalue weighted by Crippen LogP contribution is 2.30. The van der Waals surface area contributed by atoms with Crippen LogP contribution >= 0.6 is 0 Å². The molecule has 1 saturated heterocycles. The van der Waals surface area contributed by atoms with Crippen LogP contribution in [0.3, 0.4) is 0 Å². The van der Waals surface area contributed by atoms with E-state index in [4.69, 9.17) is 0 Å². The van der Waals surface area contributed by atoms with Gasteiger partial charge in [0, 0.05) is 29.9 Å². The number of benzene rings is 2. The number of halogens is 3. The van der Waals surface area contributed by atoms with Crippen LogP contribution in [0, 0.1) is 24.4 Å². The van der Waals surface area contributed by atoms with Crippen LogP contribution < -0.4 is 0 Å². The molecule has 0 saturated carbocycles. The Morgan fingerprint density at radius 3 is 2.58 bits per heavy atom. The molecule has 4 rings (SSSR count). The molecule has 1 amide bonds. The van der Waals surface area contributed by atoms with Gasteiger partial charge in [-0.2, -0.15) is 0 Å². The highest BCUT2D eigenvalue weighted by molar-refractivity contribution is 5.98. The second-order valence-electron chi connectivity index (χ2n) is 7.75. The Bertz CT molecular complexity index is 1170. The summed E-state index contributed by atoms with van der Waals surface area (Å²) < 4.78 is 43.7. The van der Waals surface area contributed by atoms with Gasteiger partial charge >= 0.3 is 0 Å². The number of hydrogen-bond donors (Lipinski definition) is 0. The predicted molar refractivity (Wildman–Crippen MR) is 112 cm³/mol. The molecule has 0 radical (unpaired) electrons. The first-order chi connectivity index (χ1) is 14.8. The van der Waals surface area contributed by atoms with Gasteiger partial charge in [-0.05, 0) is 56.5 Å². The van der Waals surface area contributed by atoms with Crippen molar-refractivity contribution in [2.24, 2.45) is 0 Å². The zero-order valence-corrected chi connectivity index (χ0v) is 17.3. The third-order valence-electron chi connectivity index (χ3n) is 5.56. The number of piperidine rings is 1. The molecule has 0 unspecified atom stereocenters. The maximum atomic E-state index is 14.7. The quantitative estimate of drug-likeness (QED) is 0.528. The Morgan fingerprint density at radius 2 is 1.90 bits per heavy atom. The molecule has 31 heavy (non-hydrogen) atoms. The molecule has 1 aliphatic heterocycles. The molecule has 2 aromatic carbocycles. The number of hydrogen-bond acceptors (Lipinski definition) is 2. The Kier molecular flexibility index (Phi) is 5.67. The summed E-state index contributed by atoms with van der Waals surface area (Å²) in [6.07, 6.45) is 6.21.